The van der Waals surface area contributed by atoms with Crippen LogP contribution < -0.4 is 0 Å². The predicted octanol–water partition coefficient (Wildman–Crippen LogP) is 1.12. The van der Waals surface area contributed by atoms with Gasteiger partial charge in [-0.25, -0.2) is 4.79 Å². The monoisotopic (exact) mass is 158 g/mol. The third-order valence-electron chi connectivity index (χ3n) is 1.35. The fourth-order valence-corrected chi connectivity index (χ4v) is 0.793. The first-order valence-electron chi connectivity index (χ1n) is 3.78. The molecule has 11 heavy (non-hydrogen) atoms. The summed E-state index contributed by atoms with van der Waals surface area (Å²) < 4.78 is 10.0. The summed E-state index contributed by atoms with van der Waals surface area (Å²) >= 11 is 0. The Morgan fingerprint density at radius 2 is 1.91 bits per heavy atom. The normalized spacial score (nSPS) is 29.8. The summed E-state index contributed by atoms with van der Waals surface area (Å²) in [5.74, 6) is -0.245. The topological polar surface area (TPSA) is 38.8 Å². The summed E-state index contributed by atoms with van der Waals surface area (Å²) in [6.45, 7) is 7.39. The Bertz CT molecular complexity index is 169. The minimum absolute atomic E-state index is 0.0462. The van der Waals surface area contributed by atoms with Crippen LogP contribution in [0.25, 0.3) is 0 Å². The highest BCUT2D eigenvalue weighted by Gasteiger charge is 2.43. The molecular formula is C8H14O3. The molecule has 0 spiro atoms. The molecule has 0 aromatic heterocycles. The van der Waals surface area contributed by atoms with Gasteiger partial charge in [0.2, 0.25) is 0 Å². The van der Waals surface area contributed by atoms with Gasteiger partial charge in [-0.05, 0) is 27.7 Å². The van der Waals surface area contributed by atoms with Crippen molar-refractivity contribution in [1.29, 1.82) is 0 Å². The standard InChI is InChI=1S/C8H14O3/c1-5-6(10-5)7(9)11-8(2,3)4/h5-6H,1-4H3. The van der Waals surface area contributed by atoms with Gasteiger partial charge in [-0.3, -0.25) is 0 Å². The van der Waals surface area contributed by atoms with Crippen LogP contribution in [0.3, 0.4) is 0 Å². The van der Waals surface area contributed by atoms with Crippen molar-refractivity contribution in [3.05, 3.63) is 0 Å². The van der Waals surface area contributed by atoms with Crippen LogP contribution in [0.15, 0.2) is 0 Å². The van der Waals surface area contributed by atoms with E-state index >= 15 is 0 Å². The Kier molecular flexibility index (Phi) is 1.92. The van der Waals surface area contributed by atoms with E-state index in [1.54, 1.807) is 0 Å². The molecule has 3 nitrogen and oxygen atoms in total. The van der Waals surface area contributed by atoms with Gasteiger partial charge in [-0.2, -0.15) is 0 Å². The second kappa shape index (κ2) is 2.48. The van der Waals surface area contributed by atoms with E-state index in [2.05, 4.69) is 0 Å². The highest BCUT2D eigenvalue weighted by molar-refractivity contribution is 5.78. The lowest BCUT2D eigenvalue weighted by atomic mass is 10.2. The van der Waals surface area contributed by atoms with Crippen molar-refractivity contribution in [3.63, 3.8) is 0 Å². The lowest BCUT2D eigenvalue weighted by molar-refractivity contribution is -0.156. The van der Waals surface area contributed by atoms with Crippen molar-refractivity contribution in [2.45, 2.75) is 45.5 Å². The molecular weight excluding hydrogens is 144 g/mol. The molecule has 1 heterocycles. The molecule has 0 N–H and O–H groups in total. The molecule has 2 unspecified atom stereocenters. The van der Waals surface area contributed by atoms with E-state index in [4.69, 9.17) is 9.47 Å². The summed E-state index contributed by atoms with van der Waals surface area (Å²) in [7, 11) is 0. The number of epoxide rings is 1. The second-order valence-electron chi connectivity index (χ2n) is 3.80. The fraction of sp³-hybridized carbons (Fsp3) is 0.875. The summed E-state index contributed by atoms with van der Waals surface area (Å²) in [6, 6.07) is 0. The average molecular weight is 158 g/mol. The number of rotatable bonds is 1. The van der Waals surface area contributed by atoms with E-state index in [1.807, 2.05) is 27.7 Å². The van der Waals surface area contributed by atoms with Crippen molar-refractivity contribution >= 4 is 5.97 Å². The average Bonchev–Trinajstić information content (AvgIpc) is 2.41. The third-order valence-corrected chi connectivity index (χ3v) is 1.35. The minimum Gasteiger partial charge on any atom is -0.458 e. The Labute approximate surface area is 66.7 Å². The number of ether oxygens (including phenoxy) is 2. The van der Waals surface area contributed by atoms with Gasteiger partial charge in [0, 0.05) is 0 Å². The maximum absolute atomic E-state index is 11.1. The van der Waals surface area contributed by atoms with Gasteiger partial charge < -0.3 is 9.47 Å². The molecule has 1 aliphatic heterocycles. The van der Waals surface area contributed by atoms with Gasteiger partial charge >= 0.3 is 5.97 Å². The number of esters is 1. The molecule has 0 bridgehead atoms. The van der Waals surface area contributed by atoms with Crippen molar-refractivity contribution in [2.75, 3.05) is 0 Å². The fourth-order valence-electron chi connectivity index (χ4n) is 0.793. The number of carbonyl (C=O) groups is 1. The van der Waals surface area contributed by atoms with E-state index in [0.717, 1.165) is 0 Å². The van der Waals surface area contributed by atoms with Crippen LogP contribution in [-0.4, -0.2) is 23.8 Å². The van der Waals surface area contributed by atoms with E-state index in [-0.39, 0.29) is 18.2 Å². The third kappa shape index (κ3) is 2.50. The second-order valence-corrected chi connectivity index (χ2v) is 3.80. The first kappa shape index (κ1) is 8.53. The van der Waals surface area contributed by atoms with Crippen LogP contribution in [0.4, 0.5) is 0 Å². The molecule has 1 aliphatic rings. The molecule has 3 heteroatoms. The quantitative estimate of drug-likeness (QED) is 0.424. The zero-order valence-corrected chi connectivity index (χ0v) is 7.38. The molecule has 1 fully saturated rings. The van der Waals surface area contributed by atoms with Crippen LogP contribution in [-0.2, 0) is 14.3 Å². The zero-order valence-electron chi connectivity index (χ0n) is 7.38. The van der Waals surface area contributed by atoms with Crippen molar-refractivity contribution in [3.8, 4) is 0 Å². The lowest BCUT2D eigenvalue weighted by Crippen LogP contribution is -2.27. The Balaban J connectivity index is 2.33. The van der Waals surface area contributed by atoms with Crippen LogP contribution >= 0.6 is 0 Å². The Hall–Kier alpha value is -0.570. The van der Waals surface area contributed by atoms with Gasteiger partial charge in [-0.15, -0.1) is 0 Å². The van der Waals surface area contributed by atoms with Gasteiger partial charge in [-0.1, -0.05) is 0 Å². The van der Waals surface area contributed by atoms with Gasteiger partial charge in [0.05, 0.1) is 6.10 Å². The van der Waals surface area contributed by atoms with Crippen LogP contribution in [0, 0.1) is 0 Å². The predicted molar refractivity (Wildman–Crippen MR) is 40.2 cm³/mol. The largest absolute Gasteiger partial charge is 0.458 e. The van der Waals surface area contributed by atoms with E-state index in [0.29, 0.717) is 0 Å². The van der Waals surface area contributed by atoms with E-state index in [9.17, 15) is 4.79 Å². The molecule has 0 aromatic rings. The smallest absolute Gasteiger partial charge is 0.338 e. The first-order chi connectivity index (χ1) is 4.90. The lowest BCUT2D eigenvalue weighted by Gasteiger charge is -2.18. The van der Waals surface area contributed by atoms with Crippen LogP contribution in [0.5, 0.6) is 0 Å². The Morgan fingerprint density at radius 3 is 2.18 bits per heavy atom. The molecule has 0 aromatic carbocycles. The maximum Gasteiger partial charge on any atom is 0.338 e. The molecule has 0 aliphatic carbocycles. The summed E-state index contributed by atoms with van der Waals surface area (Å²) in [4.78, 5) is 11.1. The molecule has 0 saturated carbocycles. The maximum atomic E-state index is 11.1. The molecule has 2 atom stereocenters. The molecule has 64 valence electrons. The number of hydrogen-bond acceptors (Lipinski definition) is 3. The van der Waals surface area contributed by atoms with Crippen molar-refractivity contribution < 1.29 is 14.3 Å². The van der Waals surface area contributed by atoms with Crippen LogP contribution in [0.2, 0.25) is 0 Å². The molecule has 0 radical (unpaired) electrons. The highest BCUT2D eigenvalue weighted by Crippen LogP contribution is 2.24. The summed E-state index contributed by atoms with van der Waals surface area (Å²) in [5.41, 5.74) is -0.400. The van der Waals surface area contributed by atoms with E-state index in [1.165, 1.54) is 0 Å². The first-order valence-corrected chi connectivity index (χ1v) is 3.78. The molecule has 1 saturated heterocycles. The minimum atomic E-state index is -0.400. The van der Waals surface area contributed by atoms with Crippen molar-refractivity contribution in [2.24, 2.45) is 0 Å². The SMILES string of the molecule is CC1OC1C(=O)OC(C)(C)C. The number of carbonyl (C=O) groups excluding carboxylic acids is 1. The van der Waals surface area contributed by atoms with Gasteiger partial charge in [0.15, 0.2) is 6.10 Å². The Morgan fingerprint density at radius 1 is 1.45 bits per heavy atom. The van der Waals surface area contributed by atoms with Gasteiger partial charge in [0.1, 0.15) is 5.60 Å². The summed E-state index contributed by atoms with van der Waals surface area (Å²) in [6.07, 6.45) is -0.265. The van der Waals surface area contributed by atoms with Crippen LogP contribution in [0.1, 0.15) is 27.7 Å². The van der Waals surface area contributed by atoms with Crippen molar-refractivity contribution in [1.82, 2.24) is 0 Å². The van der Waals surface area contributed by atoms with E-state index < -0.39 is 5.60 Å². The summed E-state index contributed by atoms with van der Waals surface area (Å²) in [5, 5.41) is 0. The highest BCUT2D eigenvalue weighted by atomic mass is 16.6. The number of hydrogen-bond donors (Lipinski definition) is 0. The zero-order chi connectivity index (χ0) is 8.65. The van der Waals surface area contributed by atoms with Gasteiger partial charge in [0.25, 0.3) is 0 Å². The molecule has 1 rings (SSSR count). The molecule has 0 amide bonds.